The van der Waals surface area contributed by atoms with Crippen LogP contribution in [-0.2, 0) is 14.2 Å². The van der Waals surface area contributed by atoms with Crippen molar-refractivity contribution in [2.24, 2.45) is 0 Å². The Bertz CT molecular complexity index is 769. The van der Waals surface area contributed by atoms with Crippen LogP contribution in [0.1, 0.15) is 20.1 Å². The summed E-state index contributed by atoms with van der Waals surface area (Å²) in [6.07, 6.45) is 1.13. The monoisotopic (exact) mass is 308 g/mol. The Balaban J connectivity index is 1.78. The molecule has 4 rings (SSSR count). The summed E-state index contributed by atoms with van der Waals surface area (Å²) in [5.74, 6) is -0.754. The van der Waals surface area contributed by atoms with Gasteiger partial charge in [-0.1, -0.05) is 0 Å². The second kappa shape index (κ2) is 4.59. The zero-order chi connectivity index (χ0) is 15.5. The van der Waals surface area contributed by atoms with E-state index in [9.17, 15) is 9.90 Å². The number of aliphatic hydroxyl groups is 1. The average Bonchev–Trinajstić information content (AvgIpc) is 3.09. The summed E-state index contributed by atoms with van der Waals surface area (Å²) < 4.78 is 19.2. The second-order valence-corrected chi connectivity index (χ2v) is 5.89. The van der Waals surface area contributed by atoms with Gasteiger partial charge in [0.1, 0.15) is 29.5 Å². The predicted molar refractivity (Wildman–Crippen MR) is 73.0 cm³/mol. The summed E-state index contributed by atoms with van der Waals surface area (Å²) in [6.45, 7) is 3.45. The van der Waals surface area contributed by atoms with E-state index in [0.29, 0.717) is 11.2 Å². The van der Waals surface area contributed by atoms with Crippen molar-refractivity contribution in [2.45, 2.75) is 44.2 Å². The highest BCUT2D eigenvalue weighted by Gasteiger charge is 2.55. The molecule has 9 heteroatoms. The molecule has 2 aliphatic rings. The van der Waals surface area contributed by atoms with Crippen molar-refractivity contribution < 1.29 is 19.3 Å². The molecule has 4 atom stereocenters. The smallest absolute Gasteiger partial charge is 0.346 e. The first kappa shape index (κ1) is 13.8. The van der Waals surface area contributed by atoms with E-state index in [2.05, 4.69) is 15.0 Å². The van der Waals surface area contributed by atoms with Crippen LogP contribution < -0.4 is 5.69 Å². The van der Waals surface area contributed by atoms with E-state index < -0.39 is 29.9 Å². The zero-order valence-electron chi connectivity index (χ0n) is 12.1. The molecular formula is C13H16N4O5. The largest absolute Gasteiger partial charge is 0.394 e. The molecule has 0 amide bonds. The van der Waals surface area contributed by atoms with Crippen molar-refractivity contribution in [1.82, 2.24) is 19.5 Å². The van der Waals surface area contributed by atoms with Gasteiger partial charge in [-0.05, 0) is 13.8 Å². The van der Waals surface area contributed by atoms with Gasteiger partial charge in [0.25, 0.3) is 0 Å². The lowest BCUT2D eigenvalue weighted by atomic mass is 10.1. The fraction of sp³-hybridized carbons (Fsp3) is 0.615. The highest BCUT2D eigenvalue weighted by Crippen LogP contribution is 2.43. The Labute approximate surface area is 124 Å². The van der Waals surface area contributed by atoms with Gasteiger partial charge in [-0.2, -0.15) is 4.98 Å². The molecule has 0 radical (unpaired) electrons. The van der Waals surface area contributed by atoms with Gasteiger partial charge in [-0.15, -0.1) is 0 Å². The van der Waals surface area contributed by atoms with Crippen molar-refractivity contribution in [1.29, 1.82) is 0 Å². The Morgan fingerprint density at radius 3 is 2.91 bits per heavy atom. The predicted octanol–water partition coefficient (Wildman–Crippen LogP) is -0.471. The molecule has 0 saturated carbocycles. The molecule has 0 aromatic carbocycles. The van der Waals surface area contributed by atoms with Gasteiger partial charge in [-0.25, -0.2) is 9.78 Å². The molecule has 0 spiro atoms. The summed E-state index contributed by atoms with van der Waals surface area (Å²) in [4.78, 5) is 21.9. The molecule has 2 N–H and O–H groups in total. The van der Waals surface area contributed by atoms with Gasteiger partial charge in [-0.3, -0.25) is 9.55 Å². The first-order chi connectivity index (χ1) is 10.5. The fourth-order valence-electron chi connectivity index (χ4n) is 3.07. The SMILES string of the molecule is CC1(C)OC2[C@@H](O1)[C@@H](CO)O[C@H]2n1cnc2cnc(=O)[nH]c21. The lowest BCUT2D eigenvalue weighted by Crippen LogP contribution is -2.31. The summed E-state index contributed by atoms with van der Waals surface area (Å²) in [5.41, 5.74) is 0.576. The molecule has 2 aromatic rings. The van der Waals surface area contributed by atoms with Gasteiger partial charge in [0.15, 0.2) is 12.0 Å². The van der Waals surface area contributed by atoms with E-state index in [0.717, 1.165) is 0 Å². The van der Waals surface area contributed by atoms with Crippen molar-refractivity contribution in [3.8, 4) is 0 Å². The van der Waals surface area contributed by atoms with Gasteiger partial charge in [0, 0.05) is 0 Å². The molecule has 2 aliphatic heterocycles. The van der Waals surface area contributed by atoms with E-state index in [-0.39, 0.29) is 12.7 Å². The lowest BCUT2D eigenvalue weighted by Gasteiger charge is -2.24. The van der Waals surface area contributed by atoms with Crippen LogP contribution in [0.2, 0.25) is 0 Å². The van der Waals surface area contributed by atoms with E-state index in [1.54, 1.807) is 10.9 Å². The van der Waals surface area contributed by atoms with E-state index in [4.69, 9.17) is 14.2 Å². The first-order valence-corrected chi connectivity index (χ1v) is 7.02. The molecule has 0 aliphatic carbocycles. The summed E-state index contributed by atoms with van der Waals surface area (Å²) in [6, 6.07) is 0. The quantitative estimate of drug-likeness (QED) is 0.771. The maximum atomic E-state index is 11.5. The van der Waals surface area contributed by atoms with Crippen LogP contribution in [0.4, 0.5) is 0 Å². The number of H-pyrrole nitrogens is 1. The molecule has 22 heavy (non-hydrogen) atoms. The molecule has 1 unspecified atom stereocenters. The Hall–Kier alpha value is -1.81. The Kier molecular flexibility index (Phi) is 2.89. The standard InChI is InChI=1S/C13H16N4O5/c1-13(2)21-8-7(4-18)20-11(9(8)22-13)17-5-15-6-3-14-12(19)16-10(6)17/h3,5,7-9,11,18H,4H2,1-2H3,(H,14,16,19)/t7-,8+,9?,11-/m1/s1. The fourth-order valence-corrected chi connectivity index (χ4v) is 3.07. The summed E-state index contributed by atoms with van der Waals surface area (Å²) in [5, 5.41) is 9.50. The first-order valence-electron chi connectivity index (χ1n) is 7.02. The molecule has 2 fully saturated rings. The molecule has 0 bridgehead atoms. The van der Waals surface area contributed by atoms with Crippen LogP contribution in [0.3, 0.4) is 0 Å². The molecular weight excluding hydrogens is 292 g/mol. The number of aromatic amines is 1. The molecule has 9 nitrogen and oxygen atoms in total. The number of hydrogen-bond donors (Lipinski definition) is 2. The van der Waals surface area contributed by atoms with Gasteiger partial charge < -0.3 is 19.3 Å². The average molecular weight is 308 g/mol. The number of aliphatic hydroxyl groups excluding tert-OH is 1. The van der Waals surface area contributed by atoms with E-state index in [1.165, 1.54) is 6.20 Å². The minimum atomic E-state index is -0.754. The third-order valence-corrected chi connectivity index (χ3v) is 3.93. The van der Waals surface area contributed by atoms with Crippen LogP contribution in [0.25, 0.3) is 11.2 Å². The number of rotatable bonds is 2. The van der Waals surface area contributed by atoms with Crippen LogP contribution >= 0.6 is 0 Å². The number of nitrogens with one attached hydrogen (secondary N) is 1. The number of imidazole rings is 1. The maximum absolute atomic E-state index is 11.5. The van der Waals surface area contributed by atoms with Crippen molar-refractivity contribution >= 4 is 11.2 Å². The van der Waals surface area contributed by atoms with E-state index in [1.807, 2.05) is 13.8 Å². The second-order valence-electron chi connectivity index (χ2n) is 5.89. The molecule has 118 valence electrons. The van der Waals surface area contributed by atoms with Crippen molar-refractivity contribution in [3.63, 3.8) is 0 Å². The summed E-state index contributed by atoms with van der Waals surface area (Å²) in [7, 11) is 0. The third-order valence-electron chi connectivity index (χ3n) is 3.93. The number of hydrogen-bond acceptors (Lipinski definition) is 7. The van der Waals surface area contributed by atoms with Gasteiger partial charge >= 0.3 is 5.69 Å². The van der Waals surface area contributed by atoms with Gasteiger partial charge in [0.2, 0.25) is 0 Å². The van der Waals surface area contributed by atoms with Crippen LogP contribution in [0, 0.1) is 0 Å². The minimum absolute atomic E-state index is 0.179. The zero-order valence-corrected chi connectivity index (χ0v) is 12.1. The third kappa shape index (κ3) is 1.97. The minimum Gasteiger partial charge on any atom is -0.394 e. The molecule has 2 saturated heterocycles. The topological polar surface area (TPSA) is 111 Å². The molecule has 4 heterocycles. The van der Waals surface area contributed by atoms with E-state index >= 15 is 0 Å². The normalized spacial score (nSPS) is 33.4. The highest BCUT2D eigenvalue weighted by atomic mass is 16.8. The number of nitrogens with zero attached hydrogens (tertiary/aromatic N) is 3. The summed E-state index contributed by atoms with van der Waals surface area (Å²) >= 11 is 0. The lowest BCUT2D eigenvalue weighted by molar-refractivity contribution is -0.199. The Morgan fingerprint density at radius 1 is 1.36 bits per heavy atom. The van der Waals surface area contributed by atoms with Crippen molar-refractivity contribution in [2.75, 3.05) is 6.61 Å². The number of aromatic nitrogens is 4. The van der Waals surface area contributed by atoms with Crippen molar-refractivity contribution in [3.05, 3.63) is 23.0 Å². The number of ether oxygens (including phenoxy) is 3. The maximum Gasteiger partial charge on any atom is 0.346 e. The highest BCUT2D eigenvalue weighted by molar-refractivity contribution is 5.69. The van der Waals surface area contributed by atoms with Crippen LogP contribution in [0.5, 0.6) is 0 Å². The Morgan fingerprint density at radius 2 is 2.14 bits per heavy atom. The van der Waals surface area contributed by atoms with Crippen LogP contribution in [-0.4, -0.2) is 55.3 Å². The van der Waals surface area contributed by atoms with Crippen LogP contribution in [0.15, 0.2) is 17.3 Å². The van der Waals surface area contributed by atoms with Gasteiger partial charge in [0.05, 0.1) is 19.1 Å². The number of fused-ring (bicyclic) bond motifs is 2. The molecule has 2 aromatic heterocycles.